The summed E-state index contributed by atoms with van der Waals surface area (Å²) < 4.78 is 41.8. The smallest absolute Gasteiger partial charge is 0.272 e. The summed E-state index contributed by atoms with van der Waals surface area (Å²) in [5.41, 5.74) is 4.24. The van der Waals surface area contributed by atoms with E-state index in [9.17, 15) is 18.0 Å². The molecule has 0 unspecified atom stereocenters. The van der Waals surface area contributed by atoms with Gasteiger partial charge in [0, 0.05) is 17.9 Å². The molecule has 28 heavy (non-hydrogen) atoms. The Kier molecular flexibility index (Phi) is 5.58. The summed E-state index contributed by atoms with van der Waals surface area (Å²) in [4.78, 5) is 13.0. The van der Waals surface area contributed by atoms with Gasteiger partial charge in [0.15, 0.2) is 11.6 Å². The van der Waals surface area contributed by atoms with Gasteiger partial charge < -0.3 is 9.88 Å². The normalized spacial score (nSPS) is 10.9. The lowest BCUT2D eigenvalue weighted by molar-refractivity contribution is 0.101. The zero-order chi connectivity index (χ0) is 20.4. The number of nitrogens with one attached hydrogen (secondary N) is 1. The Bertz CT molecular complexity index is 1020. The Morgan fingerprint density at radius 2 is 1.68 bits per heavy atom. The molecule has 0 aliphatic carbocycles. The van der Waals surface area contributed by atoms with Crippen LogP contribution in [-0.4, -0.2) is 10.5 Å². The summed E-state index contributed by atoms with van der Waals surface area (Å²) in [5.74, 6) is -2.56. The van der Waals surface area contributed by atoms with Crippen LogP contribution in [0.15, 0.2) is 42.5 Å². The van der Waals surface area contributed by atoms with E-state index in [4.69, 9.17) is 0 Å². The van der Waals surface area contributed by atoms with Crippen LogP contribution in [-0.2, 0) is 13.0 Å². The highest BCUT2D eigenvalue weighted by molar-refractivity contribution is 6.04. The fourth-order valence-electron chi connectivity index (χ4n) is 3.50. The Morgan fingerprint density at radius 1 is 1.00 bits per heavy atom. The fraction of sp³-hybridized carbons (Fsp3) is 0.227. The number of aromatic nitrogens is 1. The lowest BCUT2D eigenvalue weighted by atomic mass is 10.1. The van der Waals surface area contributed by atoms with Gasteiger partial charge in [0.1, 0.15) is 11.5 Å². The molecule has 0 radical (unpaired) electrons. The summed E-state index contributed by atoms with van der Waals surface area (Å²) in [6, 6.07) is 9.22. The van der Waals surface area contributed by atoms with E-state index in [1.54, 1.807) is 4.57 Å². The van der Waals surface area contributed by atoms with Crippen LogP contribution >= 0.6 is 0 Å². The van der Waals surface area contributed by atoms with Gasteiger partial charge in [-0.15, -0.1) is 0 Å². The van der Waals surface area contributed by atoms with Crippen molar-refractivity contribution < 1.29 is 18.0 Å². The standard InChI is InChI=1S/C22H21F3N2O/c1-4-18-13(2)21(22(28)26-17-8-6-16(23)7-9-17)27(14(18)3)12-15-5-10-19(24)20(25)11-15/h5-11H,4,12H2,1-3H3,(H,26,28). The van der Waals surface area contributed by atoms with Crippen molar-refractivity contribution >= 4 is 11.6 Å². The predicted molar refractivity (Wildman–Crippen MR) is 103 cm³/mol. The molecular formula is C22H21F3N2O. The molecule has 0 saturated heterocycles. The summed E-state index contributed by atoms with van der Waals surface area (Å²) >= 11 is 0. The average molecular weight is 386 g/mol. The monoisotopic (exact) mass is 386 g/mol. The van der Waals surface area contributed by atoms with Gasteiger partial charge in [-0.05, 0) is 73.4 Å². The van der Waals surface area contributed by atoms with Gasteiger partial charge in [0.2, 0.25) is 0 Å². The molecule has 0 bridgehead atoms. The van der Waals surface area contributed by atoms with Crippen molar-refractivity contribution in [2.75, 3.05) is 5.32 Å². The Morgan fingerprint density at radius 3 is 2.29 bits per heavy atom. The first-order valence-corrected chi connectivity index (χ1v) is 9.01. The van der Waals surface area contributed by atoms with Crippen molar-refractivity contribution in [1.29, 1.82) is 0 Å². The third-order valence-electron chi connectivity index (χ3n) is 4.91. The fourth-order valence-corrected chi connectivity index (χ4v) is 3.50. The van der Waals surface area contributed by atoms with E-state index in [2.05, 4.69) is 5.32 Å². The van der Waals surface area contributed by atoms with Crippen LogP contribution in [0, 0.1) is 31.3 Å². The SMILES string of the molecule is CCc1c(C)c(C(=O)Nc2ccc(F)cc2)n(Cc2ccc(F)c(F)c2)c1C. The second-order valence-electron chi connectivity index (χ2n) is 6.69. The molecule has 2 aromatic carbocycles. The third-order valence-corrected chi connectivity index (χ3v) is 4.91. The summed E-state index contributed by atoms with van der Waals surface area (Å²) in [6.45, 7) is 6.00. The van der Waals surface area contributed by atoms with Crippen molar-refractivity contribution in [2.45, 2.75) is 33.7 Å². The van der Waals surface area contributed by atoms with Crippen LogP contribution in [0.2, 0.25) is 0 Å². The lowest BCUT2D eigenvalue weighted by Crippen LogP contribution is -2.19. The molecule has 3 rings (SSSR count). The van der Waals surface area contributed by atoms with E-state index < -0.39 is 11.6 Å². The number of halogens is 3. The largest absolute Gasteiger partial charge is 0.336 e. The molecular weight excluding hydrogens is 365 g/mol. The van der Waals surface area contributed by atoms with Gasteiger partial charge in [0.05, 0.1) is 0 Å². The number of hydrogen-bond donors (Lipinski definition) is 1. The Balaban J connectivity index is 2.00. The number of carbonyl (C=O) groups excluding carboxylic acids is 1. The molecule has 1 aromatic heterocycles. The number of benzene rings is 2. The Hall–Kier alpha value is -3.02. The van der Waals surface area contributed by atoms with E-state index >= 15 is 0 Å². The van der Waals surface area contributed by atoms with Gasteiger partial charge in [-0.25, -0.2) is 13.2 Å². The van der Waals surface area contributed by atoms with E-state index in [0.29, 0.717) is 16.9 Å². The van der Waals surface area contributed by atoms with E-state index in [-0.39, 0.29) is 18.3 Å². The summed E-state index contributed by atoms with van der Waals surface area (Å²) in [6.07, 6.45) is 0.735. The maximum atomic E-state index is 13.6. The molecule has 0 fully saturated rings. The minimum absolute atomic E-state index is 0.232. The molecule has 1 amide bonds. The average Bonchev–Trinajstić information content (AvgIpc) is 2.89. The molecule has 0 spiro atoms. The maximum Gasteiger partial charge on any atom is 0.272 e. The molecule has 0 aliphatic heterocycles. The van der Waals surface area contributed by atoms with E-state index in [1.165, 1.54) is 30.3 Å². The Labute approximate surface area is 161 Å². The number of hydrogen-bond acceptors (Lipinski definition) is 1. The molecule has 0 aliphatic rings. The first kappa shape index (κ1) is 19.7. The topological polar surface area (TPSA) is 34.0 Å². The first-order valence-electron chi connectivity index (χ1n) is 9.01. The molecule has 1 N–H and O–H groups in total. The van der Waals surface area contributed by atoms with Gasteiger partial charge in [-0.1, -0.05) is 13.0 Å². The van der Waals surface area contributed by atoms with Gasteiger partial charge in [0.25, 0.3) is 5.91 Å². The van der Waals surface area contributed by atoms with Crippen LogP contribution in [0.1, 0.15) is 39.8 Å². The molecule has 3 nitrogen and oxygen atoms in total. The molecule has 0 saturated carbocycles. The van der Waals surface area contributed by atoms with E-state index in [0.717, 1.165) is 35.4 Å². The maximum absolute atomic E-state index is 13.6. The predicted octanol–water partition coefficient (Wildman–Crippen LogP) is 5.39. The molecule has 0 atom stereocenters. The molecule has 6 heteroatoms. The molecule has 3 aromatic rings. The molecule has 146 valence electrons. The highest BCUT2D eigenvalue weighted by Gasteiger charge is 2.22. The van der Waals surface area contributed by atoms with Crippen LogP contribution in [0.4, 0.5) is 18.9 Å². The van der Waals surface area contributed by atoms with Crippen LogP contribution in [0.5, 0.6) is 0 Å². The van der Waals surface area contributed by atoms with Crippen molar-refractivity contribution in [3.8, 4) is 0 Å². The quantitative estimate of drug-likeness (QED) is 0.627. The summed E-state index contributed by atoms with van der Waals surface area (Å²) in [7, 11) is 0. The zero-order valence-electron chi connectivity index (χ0n) is 15.9. The minimum Gasteiger partial charge on any atom is -0.336 e. The van der Waals surface area contributed by atoms with Crippen molar-refractivity contribution in [3.63, 3.8) is 0 Å². The number of anilines is 1. The van der Waals surface area contributed by atoms with Crippen molar-refractivity contribution in [3.05, 3.63) is 88.0 Å². The van der Waals surface area contributed by atoms with Crippen LogP contribution in [0.25, 0.3) is 0 Å². The van der Waals surface area contributed by atoms with E-state index in [1.807, 2.05) is 20.8 Å². The number of carbonyl (C=O) groups is 1. The van der Waals surface area contributed by atoms with Crippen molar-refractivity contribution in [1.82, 2.24) is 4.57 Å². The lowest BCUT2D eigenvalue weighted by Gasteiger charge is -2.13. The van der Waals surface area contributed by atoms with Crippen LogP contribution < -0.4 is 5.32 Å². The third kappa shape index (κ3) is 3.81. The second-order valence-corrected chi connectivity index (χ2v) is 6.69. The van der Waals surface area contributed by atoms with Crippen molar-refractivity contribution in [2.24, 2.45) is 0 Å². The number of nitrogens with zero attached hydrogens (tertiary/aromatic N) is 1. The number of amides is 1. The van der Waals surface area contributed by atoms with Crippen LogP contribution in [0.3, 0.4) is 0 Å². The highest BCUT2D eigenvalue weighted by Crippen LogP contribution is 2.25. The van der Waals surface area contributed by atoms with Gasteiger partial charge >= 0.3 is 0 Å². The van der Waals surface area contributed by atoms with Gasteiger partial charge in [-0.2, -0.15) is 0 Å². The van der Waals surface area contributed by atoms with Gasteiger partial charge in [-0.3, -0.25) is 4.79 Å². The number of rotatable bonds is 5. The minimum atomic E-state index is -0.924. The summed E-state index contributed by atoms with van der Waals surface area (Å²) in [5, 5.41) is 2.78. The zero-order valence-corrected chi connectivity index (χ0v) is 15.9. The second kappa shape index (κ2) is 7.92. The highest BCUT2D eigenvalue weighted by atomic mass is 19.2. The first-order chi connectivity index (χ1) is 13.3. The molecule has 1 heterocycles.